The van der Waals surface area contributed by atoms with Crippen LogP contribution in [-0.4, -0.2) is 11.9 Å². The van der Waals surface area contributed by atoms with Crippen molar-refractivity contribution in [3.63, 3.8) is 0 Å². The summed E-state index contributed by atoms with van der Waals surface area (Å²) < 4.78 is 1.18. The molecule has 3 rings (SSSR count). The lowest BCUT2D eigenvalue weighted by atomic mass is 10.1. The molecule has 1 saturated carbocycles. The van der Waals surface area contributed by atoms with Gasteiger partial charge in [-0.1, -0.05) is 11.6 Å². The van der Waals surface area contributed by atoms with E-state index in [1.54, 1.807) is 12.1 Å². The first-order valence-corrected chi connectivity index (χ1v) is 8.62. The highest BCUT2D eigenvalue weighted by Gasteiger charge is 2.25. The van der Waals surface area contributed by atoms with Crippen LogP contribution in [0, 0.1) is 10.5 Å². The van der Waals surface area contributed by atoms with Crippen molar-refractivity contribution in [3.05, 3.63) is 56.1 Å². The van der Waals surface area contributed by atoms with Gasteiger partial charge in [-0.2, -0.15) is 0 Å². The molecule has 1 fully saturated rings. The van der Waals surface area contributed by atoms with Crippen molar-refractivity contribution < 1.29 is 4.79 Å². The fraction of sp³-hybridized carbons (Fsp3) is 0.235. The van der Waals surface area contributed by atoms with E-state index in [1.165, 1.54) is 3.57 Å². The SMILES string of the molecule is Cc1cc(I)ccc1Nc1ccc(Cl)cc1C(=O)NC1CC1. The molecule has 22 heavy (non-hydrogen) atoms. The summed E-state index contributed by atoms with van der Waals surface area (Å²) in [5, 5.41) is 6.92. The van der Waals surface area contributed by atoms with E-state index in [9.17, 15) is 4.79 Å². The highest BCUT2D eigenvalue weighted by molar-refractivity contribution is 14.1. The van der Waals surface area contributed by atoms with Gasteiger partial charge in [0, 0.05) is 20.3 Å². The van der Waals surface area contributed by atoms with Gasteiger partial charge in [-0.25, -0.2) is 0 Å². The molecule has 1 aliphatic rings. The van der Waals surface area contributed by atoms with Crippen molar-refractivity contribution in [1.29, 1.82) is 0 Å². The predicted octanol–water partition coefficient (Wildman–Crippen LogP) is 4.89. The smallest absolute Gasteiger partial charge is 0.253 e. The molecule has 0 unspecified atom stereocenters. The molecule has 0 spiro atoms. The van der Waals surface area contributed by atoms with E-state index in [-0.39, 0.29) is 5.91 Å². The number of hydrogen-bond donors (Lipinski definition) is 2. The standard InChI is InChI=1S/C17H16ClIN2O/c1-10-8-12(19)3-7-15(10)21-16-6-2-11(18)9-14(16)17(22)20-13-4-5-13/h2-3,6-9,13,21H,4-5H2,1H3,(H,20,22). The maximum absolute atomic E-state index is 12.4. The number of benzene rings is 2. The second-order valence-corrected chi connectivity index (χ2v) is 7.20. The van der Waals surface area contributed by atoms with Gasteiger partial charge in [-0.15, -0.1) is 0 Å². The highest BCUT2D eigenvalue weighted by atomic mass is 127. The Labute approximate surface area is 148 Å². The summed E-state index contributed by atoms with van der Waals surface area (Å²) in [6, 6.07) is 11.8. The zero-order valence-corrected chi connectivity index (χ0v) is 15.0. The number of carbonyl (C=O) groups is 1. The number of carbonyl (C=O) groups excluding carboxylic acids is 1. The lowest BCUT2D eigenvalue weighted by Crippen LogP contribution is -2.26. The average molecular weight is 427 g/mol. The Morgan fingerprint density at radius 3 is 2.59 bits per heavy atom. The summed E-state index contributed by atoms with van der Waals surface area (Å²) in [5.41, 5.74) is 3.47. The first kappa shape index (κ1) is 15.6. The molecule has 2 N–H and O–H groups in total. The maximum Gasteiger partial charge on any atom is 0.253 e. The molecule has 0 heterocycles. The van der Waals surface area contributed by atoms with E-state index in [0.717, 1.165) is 29.8 Å². The van der Waals surface area contributed by atoms with Crippen LogP contribution < -0.4 is 10.6 Å². The van der Waals surface area contributed by atoms with E-state index < -0.39 is 0 Å². The summed E-state index contributed by atoms with van der Waals surface area (Å²) in [6.45, 7) is 2.05. The number of amides is 1. The first-order valence-electron chi connectivity index (χ1n) is 7.16. The summed E-state index contributed by atoms with van der Waals surface area (Å²) in [5.74, 6) is -0.0735. The van der Waals surface area contributed by atoms with Gasteiger partial charge in [0.05, 0.1) is 11.3 Å². The molecule has 114 valence electrons. The van der Waals surface area contributed by atoms with E-state index in [4.69, 9.17) is 11.6 Å². The third kappa shape index (κ3) is 3.73. The highest BCUT2D eigenvalue weighted by Crippen LogP contribution is 2.28. The third-order valence-corrected chi connectivity index (χ3v) is 4.50. The van der Waals surface area contributed by atoms with Crippen LogP contribution >= 0.6 is 34.2 Å². The van der Waals surface area contributed by atoms with Crippen molar-refractivity contribution in [2.24, 2.45) is 0 Å². The number of rotatable bonds is 4. The van der Waals surface area contributed by atoms with Gasteiger partial charge in [0.2, 0.25) is 0 Å². The molecule has 0 saturated heterocycles. The Hall–Kier alpha value is -1.27. The van der Waals surface area contributed by atoms with Crippen molar-refractivity contribution in [1.82, 2.24) is 5.32 Å². The number of hydrogen-bond acceptors (Lipinski definition) is 2. The molecule has 5 heteroatoms. The maximum atomic E-state index is 12.4. The molecule has 0 bridgehead atoms. The van der Waals surface area contributed by atoms with Crippen molar-refractivity contribution in [3.8, 4) is 0 Å². The van der Waals surface area contributed by atoms with Crippen molar-refractivity contribution in [2.45, 2.75) is 25.8 Å². The minimum Gasteiger partial charge on any atom is -0.355 e. The number of anilines is 2. The summed E-state index contributed by atoms with van der Waals surface area (Å²) in [6.07, 6.45) is 2.12. The molecule has 3 nitrogen and oxygen atoms in total. The number of aryl methyl sites for hydroxylation is 1. The zero-order valence-electron chi connectivity index (χ0n) is 12.1. The summed E-state index contributed by atoms with van der Waals surface area (Å²) >= 11 is 8.34. The van der Waals surface area contributed by atoms with Gasteiger partial charge < -0.3 is 10.6 Å². The largest absolute Gasteiger partial charge is 0.355 e. The van der Waals surface area contributed by atoms with Crippen LogP contribution in [0.5, 0.6) is 0 Å². The number of halogens is 2. The Morgan fingerprint density at radius 1 is 1.18 bits per heavy atom. The van der Waals surface area contributed by atoms with Crippen LogP contribution in [0.1, 0.15) is 28.8 Å². The van der Waals surface area contributed by atoms with Gasteiger partial charge >= 0.3 is 0 Å². The zero-order chi connectivity index (χ0) is 15.7. The van der Waals surface area contributed by atoms with Gasteiger partial charge in [0.15, 0.2) is 0 Å². The van der Waals surface area contributed by atoms with E-state index in [1.807, 2.05) is 25.1 Å². The minimum atomic E-state index is -0.0735. The predicted molar refractivity (Wildman–Crippen MR) is 99.1 cm³/mol. The van der Waals surface area contributed by atoms with Gasteiger partial charge in [-0.05, 0) is 84.3 Å². The lowest BCUT2D eigenvalue weighted by Gasteiger charge is -2.14. The van der Waals surface area contributed by atoms with Crippen LogP contribution in [-0.2, 0) is 0 Å². The molecule has 0 radical (unpaired) electrons. The normalized spacial score (nSPS) is 13.8. The van der Waals surface area contributed by atoms with E-state index in [2.05, 4.69) is 39.3 Å². The second kappa shape index (κ2) is 6.46. The average Bonchev–Trinajstić information content (AvgIpc) is 3.27. The van der Waals surface area contributed by atoms with E-state index in [0.29, 0.717) is 16.6 Å². The fourth-order valence-corrected chi connectivity index (χ4v) is 3.04. The fourth-order valence-electron chi connectivity index (χ4n) is 2.22. The molecule has 1 aliphatic carbocycles. The number of nitrogens with one attached hydrogen (secondary N) is 2. The molecule has 1 amide bonds. The molecular weight excluding hydrogens is 411 g/mol. The lowest BCUT2D eigenvalue weighted by molar-refractivity contribution is 0.0952. The first-order chi connectivity index (χ1) is 10.5. The molecule has 0 aromatic heterocycles. The van der Waals surface area contributed by atoms with Gasteiger partial charge in [-0.3, -0.25) is 4.79 Å². The Bertz CT molecular complexity index is 729. The Morgan fingerprint density at radius 2 is 1.91 bits per heavy atom. The van der Waals surface area contributed by atoms with Crippen LogP contribution in [0.2, 0.25) is 5.02 Å². The van der Waals surface area contributed by atoms with Gasteiger partial charge in [0.1, 0.15) is 0 Å². The van der Waals surface area contributed by atoms with E-state index >= 15 is 0 Å². The topological polar surface area (TPSA) is 41.1 Å². The van der Waals surface area contributed by atoms with Crippen molar-refractivity contribution in [2.75, 3.05) is 5.32 Å². The Balaban J connectivity index is 1.90. The quantitative estimate of drug-likeness (QED) is 0.684. The molecule has 0 aliphatic heterocycles. The Kier molecular flexibility index (Phi) is 4.59. The third-order valence-electron chi connectivity index (χ3n) is 3.60. The minimum absolute atomic E-state index is 0.0735. The summed E-state index contributed by atoms with van der Waals surface area (Å²) in [7, 11) is 0. The molecule has 2 aromatic carbocycles. The van der Waals surface area contributed by atoms with Crippen LogP contribution in [0.4, 0.5) is 11.4 Å². The molecule has 2 aromatic rings. The van der Waals surface area contributed by atoms with Crippen LogP contribution in [0.3, 0.4) is 0 Å². The monoisotopic (exact) mass is 426 g/mol. The summed E-state index contributed by atoms with van der Waals surface area (Å²) in [4.78, 5) is 12.4. The molecular formula is C17H16ClIN2O. The van der Waals surface area contributed by atoms with Crippen molar-refractivity contribution >= 4 is 51.5 Å². The van der Waals surface area contributed by atoms with Crippen LogP contribution in [0.25, 0.3) is 0 Å². The second-order valence-electron chi connectivity index (χ2n) is 5.52. The van der Waals surface area contributed by atoms with Gasteiger partial charge in [0.25, 0.3) is 5.91 Å². The molecule has 0 atom stereocenters. The van der Waals surface area contributed by atoms with Crippen LogP contribution in [0.15, 0.2) is 36.4 Å².